The first kappa shape index (κ1) is 13.8. The largest absolute Gasteiger partial charge is 0.296 e. The molecule has 4 heteroatoms. The van der Waals surface area contributed by atoms with Gasteiger partial charge in [-0.2, -0.15) is 0 Å². The lowest BCUT2D eigenvalue weighted by molar-refractivity contribution is -0.139. The van der Waals surface area contributed by atoms with Crippen molar-refractivity contribution >= 4 is 27.7 Å². The van der Waals surface area contributed by atoms with Gasteiger partial charge in [-0.05, 0) is 35.4 Å². The van der Waals surface area contributed by atoms with E-state index in [9.17, 15) is 9.59 Å². The standard InChI is InChI=1S/C16H18BrNO2/c1-16(8-10-2-3-10)9-13(19)18-15(20)14(16)11-4-6-12(17)7-5-11/h4-7,10,14H,2-3,8-9H2,1H3,(H,18,19,20). The van der Waals surface area contributed by atoms with Gasteiger partial charge in [0.1, 0.15) is 0 Å². The summed E-state index contributed by atoms with van der Waals surface area (Å²) in [5.41, 5.74) is 0.746. The molecule has 0 spiro atoms. The maximum absolute atomic E-state index is 12.4. The molecular formula is C16H18BrNO2. The molecule has 1 aliphatic carbocycles. The lowest BCUT2D eigenvalue weighted by Gasteiger charge is -2.40. The molecule has 1 saturated carbocycles. The fourth-order valence-electron chi connectivity index (χ4n) is 3.42. The Labute approximate surface area is 127 Å². The van der Waals surface area contributed by atoms with Gasteiger partial charge in [-0.25, -0.2) is 0 Å². The number of piperidine rings is 1. The van der Waals surface area contributed by atoms with E-state index in [2.05, 4.69) is 28.2 Å². The molecule has 1 aromatic carbocycles. The third-order valence-corrected chi connectivity index (χ3v) is 4.97. The van der Waals surface area contributed by atoms with Crippen LogP contribution in [0.3, 0.4) is 0 Å². The van der Waals surface area contributed by atoms with Crippen molar-refractivity contribution in [3.05, 3.63) is 34.3 Å². The number of halogens is 1. The maximum Gasteiger partial charge on any atom is 0.234 e. The monoisotopic (exact) mass is 335 g/mol. The van der Waals surface area contributed by atoms with Gasteiger partial charge in [0, 0.05) is 10.9 Å². The number of amides is 2. The van der Waals surface area contributed by atoms with Crippen LogP contribution in [0.25, 0.3) is 0 Å². The predicted molar refractivity (Wildman–Crippen MR) is 80.1 cm³/mol. The summed E-state index contributed by atoms with van der Waals surface area (Å²) in [5.74, 6) is 0.184. The Morgan fingerprint density at radius 3 is 2.50 bits per heavy atom. The molecule has 2 amide bonds. The van der Waals surface area contributed by atoms with Crippen LogP contribution in [0.15, 0.2) is 28.7 Å². The van der Waals surface area contributed by atoms with Crippen molar-refractivity contribution < 1.29 is 9.59 Å². The van der Waals surface area contributed by atoms with Gasteiger partial charge in [-0.1, -0.05) is 47.8 Å². The Morgan fingerprint density at radius 1 is 1.25 bits per heavy atom. The van der Waals surface area contributed by atoms with E-state index in [0.717, 1.165) is 16.5 Å². The number of rotatable bonds is 3. The lowest BCUT2D eigenvalue weighted by atomic mass is 9.66. The van der Waals surface area contributed by atoms with E-state index < -0.39 is 0 Å². The maximum atomic E-state index is 12.4. The van der Waals surface area contributed by atoms with Crippen molar-refractivity contribution in [2.75, 3.05) is 0 Å². The zero-order valence-corrected chi connectivity index (χ0v) is 13.1. The van der Waals surface area contributed by atoms with Gasteiger partial charge < -0.3 is 0 Å². The molecule has 0 aromatic heterocycles. The van der Waals surface area contributed by atoms with Crippen molar-refractivity contribution in [1.82, 2.24) is 5.32 Å². The van der Waals surface area contributed by atoms with Crippen LogP contribution in [0.5, 0.6) is 0 Å². The average Bonchev–Trinajstić information content (AvgIpc) is 3.13. The molecular weight excluding hydrogens is 318 g/mol. The first-order chi connectivity index (χ1) is 9.48. The fourth-order valence-corrected chi connectivity index (χ4v) is 3.68. The summed E-state index contributed by atoms with van der Waals surface area (Å²) in [4.78, 5) is 24.1. The van der Waals surface area contributed by atoms with Crippen LogP contribution in [0.2, 0.25) is 0 Å². The number of carbonyl (C=O) groups excluding carboxylic acids is 2. The van der Waals surface area contributed by atoms with Crippen molar-refractivity contribution in [3.63, 3.8) is 0 Å². The van der Waals surface area contributed by atoms with E-state index in [-0.39, 0.29) is 23.1 Å². The molecule has 2 fully saturated rings. The highest BCUT2D eigenvalue weighted by Gasteiger charge is 2.48. The van der Waals surface area contributed by atoms with Gasteiger partial charge >= 0.3 is 0 Å². The summed E-state index contributed by atoms with van der Waals surface area (Å²) >= 11 is 3.42. The molecule has 1 aliphatic heterocycles. The van der Waals surface area contributed by atoms with Gasteiger partial charge in [0.05, 0.1) is 5.92 Å². The van der Waals surface area contributed by atoms with Gasteiger partial charge in [0.15, 0.2) is 0 Å². The molecule has 20 heavy (non-hydrogen) atoms. The van der Waals surface area contributed by atoms with Gasteiger partial charge in [0.2, 0.25) is 11.8 Å². The Bertz CT molecular complexity index is 550. The normalized spacial score (nSPS) is 30.2. The zero-order valence-electron chi connectivity index (χ0n) is 11.5. The van der Waals surface area contributed by atoms with E-state index >= 15 is 0 Å². The van der Waals surface area contributed by atoms with Crippen LogP contribution in [0.4, 0.5) is 0 Å². The van der Waals surface area contributed by atoms with Crippen molar-refractivity contribution in [2.24, 2.45) is 11.3 Å². The molecule has 1 saturated heterocycles. The second-order valence-corrected chi connectivity index (χ2v) is 7.29. The third-order valence-electron chi connectivity index (χ3n) is 4.44. The van der Waals surface area contributed by atoms with E-state index in [1.54, 1.807) is 0 Å². The lowest BCUT2D eigenvalue weighted by Crippen LogP contribution is -2.49. The van der Waals surface area contributed by atoms with Crippen molar-refractivity contribution in [3.8, 4) is 0 Å². The minimum atomic E-state index is -0.256. The Hall–Kier alpha value is -1.16. The molecule has 106 valence electrons. The molecule has 1 heterocycles. The number of hydrogen-bond donors (Lipinski definition) is 1. The van der Waals surface area contributed by atoms with Crippen LogP contribution in [-0.4, -0.2) is 11.8 Å². The Morgan fingerprint density at radius 2 is 1.90 bits per heavy atom. The number of benzene rings is 1. The summed E-state index contributed by atoms with van der Waals surface area (Å²) < 4.78 is 0.998. The number of hydrogen-bond acceptors (Lipinski definition) is 2. The Kier molecular flexibility index (Phi) is 3.44. The smallest absolute Gasteiger partial charge is 0.234 e. The predicted octanol–water partition coefficient (Wildman–Crippen LogP) is 3.39. The minimum Gasteiger partial charge on any atom is -0.296 e. The first-order valence-corrected chi connectivity index (χ1v) is 7.86. The third kappa shape index (κ3) is 2.66. The van der Waals surface area contributed by atoms with E-state index in [0.29, 0.717) is 12.3 Å². The van der Waals surface area contributed by atoms with Gasteiger partial charge in [-0.3, -0.25) is 14.9 Å². The average molecular weight is 336 g/mol. The summed E-state index contributed by atoms with van der Waals surface area (Å²) in [6.07, 6.45) is 3.87. The van der Waals surface area contributed by atoms with E-state index in [1.807, 2.05) is 24.3 Å². The van der Waals surface area contributed by atoms with Crippen LogP contribution >= 0.6 is 15.9 Å². The van der Waals surface area contributed by atoms with Crippen molar-refractivity contribution in [1.29, 1.82) is 0 Å². The Balaban J connectivity index is 1.96. The highest BCUT2D eigenvalue weighted by atomic mass is 79.9. The van der Waals surface area contributed by atoms with Crippen LogP contribution in [0, 0.1) is 11.3 Å². The summed E-state index contributed by atoms with van der Waals surface area (Å²) in [5, 5.41) is 2.50. The molecule has 3 nitrogen and oxygen atoms in total. The molecule has 2 atom stereocenters. The summed E-state index contributed by atoms with van der Waals surface area (Å²) in [6, 6.07) is 7.87. The first-order valence-electron chi connectivity index (χ1n) is 7.07. The number of imide groups is 1. The molecule has 3 rings (SSSR count). The van der Waals surface area contributed by atoms with Crippen LogP contribution in [-0.2, 0) is 9.59 Å². The van der Waals surface area contributed by atoms with E-state index in [4.69, 9.17) is 0 Å². The van der Waals surface area contributed by atoms with Gasteiger partial charge in [-0.15, -0.1) is 0 Å². The zero-order chi connectivity index (χ0) is 14.3. The molecule has 1 aromatic rings. The molecule has 0 radical (unpaired) electrons. The van der Waals surface area contributed by atoms with Gasteiger partial charge in [0.25, 0.3) is 0 Å². The summed E-state index contributed by atoms with van der Waals surface area (Å²) in [6.45, 7) is 2.09. The van der Waals surface area contributed by atoms with Crippen LogP contribution in [0.1, 0.15) is 44.1 Å². The molecule has 2 aliphatic rings. The number of carbonyl (C=O) groups is 2. The SMILES string of the molecule is CC1(CC2CC2)CC(=O)NC(=O)C1c1ccc(Br)cc1. The van der Waals surface area contributed by atoms with Crippen molar-refractivity contribution in [2.45, 2.75) is 38.5 Å². The second-order valence-electron chi connectivity index (χ2n) is 6.38. The fraction of sp³-hybridized carbons (Fsp3) is 0.500. The highest BCUT2D eigenvalue weighted by Crippen LogP contribution is 2.50. The quantitative estimate of drug-likeness (QED) is 0.860. The molecule has 0 bridgehead atoms. The van der Waals surface area contributed by atoms with Crippen LogP contribution < -0.4 is 5.32 Å². The minimum absolute atomic E-state index is 0.133. The molecule has 2 unspecified atom stereocenters. The second kappa shape index (κ2) is 4.99. The summed E-state index contributed by atoms with van der Waals surface area (Å²) in [7, 11) is 0. The van der Waals surface area contributed by atoms with E-state index in [1.165, 1.54) is 12.8 Å². The molecule has 1 N–H and O–H groups in total. The number of nitrogens with one attached hydrogen (secondary N) is 1. The topological polar surface area (TPSA) is 46.2 Å². The highest BCUT2D eigenvalue weighted by molar-refractivity contribution is 9.10.